The molecule has 0 spiro atoms. The van der Waals surface area contributed by atoms with Gasteiger partial charge in [0.2, 0.25) is 0 Å². The van der Waals surface area contributed by atoms with E-state index >= 15 is 0 Å². The van der Waals surface area contributed by atoms with E-state index < -0.39 is 18.8 Å². The molecule has 2 nitrogen and oxygen atoms in total. The van der Waals surface area contributed by atoms with Crippen LogP contribution in [-0.4, -0.2) is 25.3 Å². The quantitative estimate of drug-likeness (QED) is 0.851. The summed E-state index contributed by atoms with van der Waals surface area (Å²) in [7, 11) is 0. The lowest BCUT2D eigenvalue weighted by atomic mass is 10.1. The summed E-state index contributed by atoms with van der Waals surface area (Å²) < 4.78 is 38.9. The number of nitrogens with two attached hydrogens (primary N) is 1. The fraction of sp³-hybridized carbons (Fsp3) is 0.538. The Bertz CT molecular complexity index is 338. The first-order valence-corrected chi connectivity index (χ1v) is 6.09. The SMILES string of the molecule is CCCCN(c1ccccc1)C(CN)C(F)(F)F. The molecule has 2 N–H and O–H groups in total. The molecule has 0 radical (unpaired) electrons. The smallest absolute Gasteiger partial charge is 0.359 e. The van der Waals surface area contributed by atoms with Crippen molar-refractivity contribution in [3.63, 3.8) is 0 Å². The summed E-state index contributed by atoms with van der Waals surface area (Å²) >= 11 is 0. The van der Waals surface area contributed by atoms with E-state index in [1.807, 2.05) is 6.92 Å². The van der Waals surface area contributed by atoms with Crippen LogP contribution in [0.3, 0.4) is 0 Å². The third kappa shape index (κ3) is 3.91. The highest BCUT2D eigenvalue weighted by atomic mass is 19.4. The molecule has 0 amide bonds. The van der Waals surface area contributed by atoms with Gasteiger partial charge in [-0.25, -0.2) is 0 Å². The number of para-hydroxylation sites is 1. The van der Waals surface area contributed by atoms with Crippen molar-refractivity contribution in [2.24, 2.45) is 5.73 Å². The van der Waals surface area contributed by atoms with Crippen LogP contribution in [0.2, 0.25) is 0 Å². The number of alkyl halides is 3. The maximum absolute atomic E-state index is 13.0. The molecule has 0 heterocycles. The maximum Gasteiger partial charge on any atom is 0.409 e. The zero-order valence-corrected chi connectivity index (χ0v) is 10.5. The molecule has 102 valence electrons. The van der Waals surface area contributed by atoms with Gasteiger partial charge in [0.15, 0.2) is 0 Å². The van der Waals surface area contributed by atoms with Crippen molar-refractivity contribution in [1.29, 1.82) is 0 Å². The van der Waals surface area contributed by atoms with Crippen molar-refractivity contribution in [3.8, 4) is 0 Å². The minimum Gasteiger partial charge on any atom is -0.359 e. The Morgan fingerprint density at radius 2 is 1.83 bits per heavy atom. The fourth-order valence-corrected chi connectivity index (χ4v) is 1.85. The minimum atomic E-state index is -4.31. The van der Waals surface area contributed by atoms with Crippen molar-refractivity contribution in [2.75, 3.05) is 18.0 Å². The van der Waals surface area contributed by atoms with Gasteiger partial charge in [0, 0.05) is 18.8 Å². The number of hydrogen-bond acceptors (Lipinski definition) is 2. The molecule has 1 aromatic carbocycles. The van der Waals surface area contributed by atoms with Crippen LogP contribution in [-0.2, 0) is 0 Å². The van der Waals surface area contributed by atoms with Crippen LogP contribution in [0.15, 0.2) is 30.3 Å². The Kier molecular flexibility index (Phi) is 5.47. The van der Waals surface area contributed by atoms with Gasteiger partial charge in [-0.3, -0.25) is 0 Å². The molecule has 5 heteroatoms. The second-order valence-corrected chi connectivity index (χ2v) is 4.18. The third-order valence-electron chi connectivity index (χ3n) is 2.82. The molecule has 1 atom stereocenters. The summed E-state index contributed by atoms with van der Waals surface area (Å²) in [4.78, 5) is 1.35. The monoisotopic (exact) mass is 260 g/mol. The zero-order valence-electron chi connectivity index (χ0n) is 10.5. The molecule has 0 aliphatic rings. The average Bonchev–Trinajstić information content (AvgIpc) is 2.34. The number of hydrogen-bond donors (Lipinski definition) is 1. The number of nitrogens with zero attached hydrogens (tertiary/aromatic N) is 1. The summed E-state index contributed by atoms with van der Waals surface area (Å²) in [5.74, 6) is 0. The van der Waals surface area contributed by atoms with Crippen molar-refractivity contribution in [1.82, 2.24) is 0 Å². The Morgan fingerprint density at radius 3 is 2.28 bits per heavy atom. The zero-order chi connectivity index (χ0) is 13.6. The fourth-order valence-electron chi connectivity index (χ4n) is 1.85. The van der Waals surface area contributed by atoms with Gasteiger partial charge < -0.3 is 10.6 Å². The van der Waals surface area contributed by atoms with E-state index in [1.54, 1.807) is 30.3 Å². The largest absolute Gasteiger partial charge is 0.409 e. The molecule has 1 unspecified atom stereocenters. The highest BCUT2D eigenvalue weighted by molar-refractivity contribution is 5.47. The van der Waals surface area contributed by atoms with Gasteiger partial charge in [-0.2, -0.15) is 13.2 Å². The Labute approximate surface area is 106 Å². The summed E-state index contributed by atoms with van der Waals surface area (Å²) in [5.41, 5.74) is 5.88. The van der Waals surface area contributed by atoms with E-state index in [1.165, 1.54) is 4.90 Å². The predicted octanol–water partition coefficient (Wildman–Crippen LogP) is 3.18. The molecule has 0 saturated heterocycles. The van der Waals surface area contributed by atoms with Gasteiger partial charge in [-0.05, 0) is 18.6 Å². The van der Waals surface area contributed by atoms with Crippen LogP contribution in [0.1, 0.15) is 19.8 Å². The Balaban J connectivity index is 2.97. The normalized spacial score (nSPS) is 13.4. The lowest BCUT2D eigenvalue weighted by Crippen LogP contribution is -2.51. The van der Waals surface area contributed by atoms with Crippen LogP contribution in [0, 0.1) is 0 Å². The van der Waals surface area contributed by atoms with Crippen LogP contribution >= 0.6 is 0 Å². The molecule has 0 aromatic heterocycles. The first-order valence-electron chi connectivity index (χ1n) is 6.09. The lowest BCUT2D eigenvalue weighted by Gasteiger charge is -2.34. The summed E-state index contributed by atoms with van der Waals surface area (Å²) in [5, 5.41) is 0. The summed E-state index contributed by atoms with van der Waals surface area (Å²) in [6.45, 7) is 1.89. The topological polar surface area (TPSA) is 29.3 Å². The highest BCUT2D eigenvalue weighted by Crippen LogP contribution is 2.28. The van der Waals surface area contributed by atoms with Crippen molar-refractivity contribution < 1.29 is 13.2 Å². The van der Waals surface area contributed by atoms with Gasteiger partial charge in [0.25, 0.3) is 0 Å². The van der Waals surface area contributed by atoms with Gasteiger partial charge in [0.1, 0.15) is 6.04 Å². The van der Waals surface area contributed by atoms with Crippen LogP contribution in [0.5, 0.6) is 0 Å². The van der Waals surface area contributed by atoms with Gasteiger partial charge >= 0.3 is 6.18 Å². The molecular weight excluding hydrogens is 241 g/mol. The van der Waals surface area contributed by atoms with Crippen LogP contribution in [0.4, 0.5) is 18.9 Å². The first-order chi connectivity index (χ1) is 8.50. The first kappa shape index (κ1) is 14.8. The highest BCUT2D eigenvalue weighted by Gasteiger charge is 2.42. The molecule has 0 aliphatic carbocycles. The minimum absolute atomic E-state index is 0.363. The summed E-state index contributed by atoms with van der Waals surface area (Å²) in [6.07, 6.45) is -2.75. The van der Waals surface area contributed by atoms with E-state index in [0.29, 0.717) is 18.7 Å². The molecule has 1 aromatic rings. The molecule has 1 rings (SSSR count). The predicted molar refractivity (Wildman–Crippen MR) is 67.6 cm³/mol. The van der Waals surface area contributed by atoms with Crippen LogP contribution < -0.4 is 10.6 Å². The van der Waals surface area contributed by atoms with Gasteiger partial charge in [0.05, 0.1) is 0 Å². The van der Waals surface area contributed by atoms with E-state index in [2.05, 4.69) is 0 Å². The number of rotatable bonds is 6. The van der Waals surface area contributed by atoms with E-state index in [0.717, 1.165) is 6.42 Å². The maximum atomic E-state index is 13.0. The van der Waals surface area contributed by atoms with Gasteiger partial charge in [-0.1, -0.05) is 31.5 Å². The van der Waals surface area contributed by atoms with E-state index in [9.17, 15) is 13.2 Å². The third-order valence-corrected chi connectivity index (χ3v) is 2.82. The standard InChI is InChI=1S/C13H19F3N2/c1-2-3-9-18(11-7-5-4-6-8-11)12(10-17)13(14,15)16/h4-8,12H,2-3,9-10,17H2,1H3. The number of halogens is 3. The Morgan fingerprint density at radius 1 is 1.22 bits per heavy atom. The summed E-state index contributed by atoms with van der Waals surface area (Å²) in [6, 6.07) is 7.00. The molecule has 18 heavy (non-hydrogen) atoms. The van der Waals surface area contributed by atoms with Crippen molar-refractivity contribution in [3.05, 3.63) is 30.3 Å². The van der Waals surface area contributed by atoms with E-state index in [4.69, 9.17) is 5.73 Å². The molecule has 0 bridgehead atoms. The van der Waals surface area contributed by atoms with Gasteiger partial charge in [-0.15, -0.1) is 0 Å². The van der Waals surface area contributed by atoms with Crippen LogP contribution in [0.25, 0.3) is 0 Å². The second kappa shape index (κ2) is 6.64. The molecule has 0 saturated carbocycles. The van der Waals surface area contributed by atoms with Crippen molar-refractivity contribution >= 4 is 5.69 Å². The lowest BCUT2D eigenvalue weighted by molar-refractivity contribution is -0.146. The van der Waals surface area contributed by atoms with E-state index in [-0.39, 0.29) is 0 Å². The number of unbranched alkanes of at least 4 members (excludes halogenated alkanes) is 1. The molecule has 0 aliphatic heterocycles. The number of benzene rings is 1. The van der Waals surface area contributed by atoms with Crippen molar-refractivity contribution in [2.45, 2.75) is 32.0 Å². The Hall–Kier alpha value is -1.23. The molecule has 0 fully saturated rings. The molecular formula is C13H19F3N2. The number of anilines is 1. The second-order valence-electron chi connectivity index (χ2n) is 4.18. The average molecular weight is 260 g/mol.